The summed E-state index contributed by atoms with van der Waals surface area (Å²) in [5, 5.41) is 13.3. The Morgan fingerprint density at radius 3 is 2.58 bits per heavy atom. The average Bonchev–Trinajstić information content (AvgIpc) is 3.20. The van der Waals surface area contributed by atoms with Gasteiger partial charge in [0, 0.05) is 21.5 Å². The van der Waals surface area contributed by atoms with Gasteiger partial charge in [-0.25, -0.2) is 4.98 Å². The van der Waals surface area contributed by atoms with E-state index in [4.69, 9.17) is 4.42 Å². The van der Waals surface area contributed by atoms with Crippen LogP contribution >= 0.6 is 0 Å². The van der Waals surface area contributed by atoms with E-state index in [9.17, 15) is 14.7 Å². The quantitative estimate of drug-likeness (QED) is 0.540. The van der Waals surface area contributed by atoms with Crippen LogP contribution in [-0.2, 0) is 6.54 Å². The normalized spacial score (nSPS) is 12.0. The van der Waals surface area contributed by atoms with Gasteiger partial charge in [-0.15, -0.1) is 0 Å². The summed E-state index contributed by atoms with van der Waals surface area (Å²) >= 11 is 0. The van der Waals surface area contributed by atoms with Crippen LogP contribution in [0.3, 0.4) is 0 Å². The fourth-order valence-electron chi connectivity index (χ4n) is 3.38. The molecule has 0 saturated carbocycles. The van der Waals surface area contributed by atoms with E-state index in [2.05, 4.69) is 4.98 Å². The van der Waals surface area contributed by atoms with Crippen LogP contribution in [0.1, 0.15) is 5.76 Å². The second-order valence-electron chi connectivity index (χ2n) is 5.75. The molecule has 2 aromatic carbocycles. The Kier molecular flexibility index (Phi) is 2.35. The summed E-state index contributed by atoms with van der Waals surface area (Å²) in [5.41, 5.74) is -0.117. The van der Waals surface area contributed by atoms with Crippen LogP contribution in [-0.4, -0.2) is 14.7 Å². The number of rotatable bonds is 2. The molecule has 0 amide bonds. The highest BCUT2D eigenvalue weighted by atomic mass is 16.3. The van der Waals surface area contributed by atoms with Crippen molar-refractivity contribution < 1.29 is 9.52 Å². The van der Waals surface area contributed by atoms with Gasteiger partial charge in [0.25, 0.3) is 11.1 Å². The summed E-state index contributed by atoms with van der Waals surface area (Å²) in [5.74, 6) is 0.421. The number of hydrogen-bond acceptors (Lipinski definition) is 5. The number of nitrogens with zero attached hydrogens (tertiary/aromatic N) is 2. The number of benzene rings is 2. The van der Waals surface area contributed by atoms with Crippen molar-refractivity contribution >= 4 is 32.4 Å². The molecule has 0 spiro atoms. The van der Waals surface area contributed by atoms with E-state index < -0.39 is 0 Å². The lowest BCUT2D eigenvalue weighted by atomic mass is 10.00. The summed E-state index contributed by atoms with van der Waals surface area (Å²) in [4.78, 5) is 28.8. The smallest absolute Gasteiger partial charge is 0.278 e. The molecule has 5 rings (SSSR count). The van der Waals surface area contributed by atoms with Gasteiger partial charge in [-0.1, -0.05) is 0 Å². The predicted octanol–water partition coefficient (Wildman–Crippen LogP) is 2.29. The standard InChI is InChI=1S/C18H10N2O4/c21-16-10-3-4-11-14-12(5-6-13(19-16)15(10)14)18(23)20(17(11)22)8-9-2-1-7-24-9/h1-7,23H,8H2. The van der Waals surface area contributed by atoms with Crippen LogP contribution in [0.15, 0.2) is 56.7 Å². The van der Waals surface area contributed by atoms with Crippen LogP contribution in [0.25, 0.3) is 32.4 Å². The number of aromatic nitrogens is 2. The maximum Gasteiger partial charge on any atom is 0.278 e. The highest BCUT2D eigenvalue weighted by Crippen LogP contribution is 2.35. The van der Waals surface area contributed by atoms with E-state index >= 15 is 0 Å². The molecule has 5 aromatic rings. The van der Waals surface area contributed by atoms with Gasteiger partial charge in [-0.3, -0.25) is 14.2 Å². The van der Waals surface area contributed by atoms with Crippen LogP contribution in [0, 0.1) is 0 Å². The molecule has 0 bridgehead atoms. The van der Waals surface area contributed by atoms with Crippen LogP contribution in [0.2, 0.25) is 0 Å². The maximum absolute atomic E-state index is 12.9. The zero-order valence-electron chi connectivity index (χ0n) is 12.3. The minimum atomic E-state index is -0.334. The minimum absolute atomic E-state index is 0.130. The van der Waals surface area contributed by atoms with Gasteiger partial charge in [0.1, 0.15) is 5.76 Å². The molecule has 0 saturated heterocycles. The van der Waals surface area contributed by atoms with Gasteiger partial charge in [0.05, 0.1) is 23.7 Å². The zero-order chi connectivity index (χ0) is 16.4. The average molecular weight is 318 g/mol. The molecule has 0 radical (unpaired) electrons. The van der Waals surface area contributed by atoms with Crippen LogP contribution in [0.5, 0.6) is 5.88 Å². The number of furan rings is 1. The maximum atomic E-state index is 12.9. The lowest BCUT2D eigenvalue weighted by molar-refractivity contribution is 0.406. The first kappa shape index (κ1) is 13.1. The Morgan fingerprint density at radius 2 is 1.79 bits per heavy atom. The minimum Gasteiger partial charge on any atom is -0.494 e. The molecule has 1 N–H and O–H groups in total. The molecule has 0 aliphatic rings. The third-order valence-corrected chi connectivity index (χ3v) is 4.46. The van der Waals surface area contributed by atoms with Crippen molar-refractivity contribution in [1.29, 1.82) is 0 Å². The molecule has 116 valence electrons. The third kappa shape index (κ3) is 1.52. The highest BCUT2D eigenvalue weighted by Gasteiger charge is 2.20. The fourth-order valence-corrected chi connectivity index (χ4v) is 3.38. The second-order valence-corrected chi connectivity index (χ2v) is 5.75. The van der Waals surface area contributed by atoms with Crippen molar-refractivity contribution in [2.45, 2.75) is 6.54 Å². The second kappa shape index (κ2) is 4.32. The first-order chi connectivity index (χ1) is 11.6. The van der Waals surface area contributed by atoms with Gasteiger partial charge in [0.2, 0.25) is 5.88 Å². The number of hydrogen-bond donors (Lipinski definition) is 1. The Balaban J connectivity index is 1.97. The third-order valence-electron chi connectivity index (χ3n) is 4.46. The summed E-state index contributed by atoms with van der Waals surface area (Å²) in [6.45, 7) is 0.130. The highest BCUT2D eigenvalue weighted by molar-refractivity contribution is 6.23. The molecule has 0 atom stereocenters. The van der Waals surface area contributed by atoms with Crippen molar-refractivity contribution in [3.8, 4) is 5.88 Å². The van der Waals surface area contributed by atoms with Crippen molar-refractivity contribution in [1.82, 2.24) is 9.55 Å². The van der Waals surface area contributed by atoms with E-state index in [1.807, 2.05) is 0 Å². The van der Waals surface area contributed by atoms with Gasteiger partial charge < -0.3 is 9.52 Å². The molecule has 24 heavy (non-hydrogen) atoms. The van der Waals surface area contributed by atoms with Gasteiger partial charge in [-0.05, 0) is 36.4 Å². The molecule has 0 aliphatic heterocycles. The largest absolute Gasteiger partial charge is 0.494 e. The summed E-state index contributed by atoms with van der Waals surface area (Å²) < 4.78 is 6.55. The number of aromatic hydroxyl groups is 1. The Labute approximate surface area is 133 Å². The lowest BCUT2D eigenvalue weighted by Gasteiger charge is -2.13. The zero-order valence-corrected chi connectivity index (χ0v) is 12.3. The van der Waals surface area contributed by atoms with Gasteiger partial charge in [0.15, 0.2) is 0 Å². The summed E-state index contributed by atoms with van der Waals surface area (Å²) in [6.07, 6.45) is 1.52. The molecule has 6 nitrogen and oxygen atoms in total. The lowest BCUT2D eigenvalue weighted by Crippen LogP contribution is -2.21. The Bertz CT molecular complexity index is 1320. The SMILES string of the molecule is O=c1nc2ccc3c(O)n(Cc4ccco4)c(=O)c4ccc1c2c34. The van der Waals surface area contributed by atoms with Gasteiger partial charge >= 0.3 is 0 Å². The van der Waals surface area contributed by atoms with E-state index in [-0.39, 0.29) is 23.5 Å². The first-order valence-electron chi connectivity index (χ1n) is 7.41. The first-order valence-corrected chi connectivity index (χ1v) is 7.41. The van der Waals surface area contributed by atoms with Crippen molar-refractivity contribution in [3.05, 3.63) is 69.1 Å². The van der Waals surface area contributed by atoms with Crippen LogP contribution < -0.4 is 11.1 Å². The molecule has 3 heterocycles. The molecular weight excluding hydrogens is 308 g/mol. The van der Waals surface area contributed by atoms with E-state index in [1.165, 1.54) is 10.8 Å². The monoisotopic (exact) mass is 318 g/mol. The molecule has 0 fully saturated rings. The van der Waals surface area contributed by atoms with E-state index in [0.29, 0.717) is 38.2 Å². The van der Waals surface area contributed by atoms with E-state index in [0.717, 1.165) is 0 Å². The summed E-state index contributed by atoms with van der Waals surface area (Å²) in [7, 11) is 0. The number of pyridine rings is 1. The molecular formula is C18H10N2O4. The Hall–Kier alpha value is -3.41. The molecule has 3 aromatic heterocycles. The van der Waals surface area contributed by atoms with Crippen LogP contribution in [0.4, 0.5) is 0 Å². The molecule has 0 aliphatic carbocycles. The van der Waals surface area contributed by atoms with Crippen molar-refractivity contribution in [3.63, 3.8) is 0 Å². The molecule has 0 unspecified atom stereocenters. The van der Waals surface area contributed by atoms with Crippen molar-refractivity contribution in [2.75, 3.05) is 0 Å². The topological polar surface area (TPSA) is 85.3 Å². The fraction of sp³-hybridized carbons (Fsp3) is 0.0556. The molecule has 6 heteroatoms. The Morgan fingerprint density at radius 1 is 1.00 bits per heavy atom. The van der Waals surface area contributed by atoms with E-state index in [1.54, 1.807) is 36.4 Å². The predicted molar refractivity (Wildman–Crippen MR) is 89.1 cm³/mol. The van der Waals surface area contributed by atoms with Gasteiger partial charge in [-0.2, -0.15) is 0 Å². The summed E-state index contributed by atoms with van der Waals surface area (Å²) in [6, 6.07) is 10.1. The van der Waals surface area contributed by atoms with Crippen molar-refractivity contribution in [2.24, 2.45) is 0 Å².